The van der Waals surface area contributed by atoms with Gasteiger partial charge >= 0.3 is 0 Å². The Bertz CT molecular complexity index is 186. The molecule has 11 heavy (non-hydrogen) atoms. The van der Waals surface area contributed by atoms with Crippen LogP contribution in [-0.4, -0.2) is 12.3 Å². The van der Waals surface area contributed by atoms with Gasteiger partial charge in [0.15, 0.2) is 0 Å². The Morgan fingerprint density at radius 1 is 1.18 bits per heavy atom. The van der Waals surface area contributed by atoms with Gasteiger partial charge in [0.25, 0.3) is 0 Å². The van der Waals surface area contributed by atoms with Crippen molar-refractivity contribution >= 4 is 11.8 Å². The maximum atomic E-state index is 8.53. The molecule has 0 atom stereocenters. The number of thioether (sulfide) groups is 1. The highest BCUT2D eigenvalue weighted by Gasteiger charge is 1.90. The van der Waals surface area contributed by atoms with E-state index in [-0.39, 0.29) is 0 Å². The zero-order chi connectivity index (χ0) is 7.94. The molecule has 1 rings (SSSR count). The lowest BCUT2D eigenvalue weighted by Crippen LogP contribution is -1.86. The summed E-state index contributed by atoms with van der Waals surface area (Å²) in [6.45, 7) is 0.292. The van der Waals surface area contributed by atoms with E-state index in [1.54, 1.807) is 11.8 Å². The smallest absolute Gasteiger partial charge is 0.0329 e. The quantitative estimate of drug-likeness (QED) is 0.495. The molecule has 0 N–H and O–H groups in total. The largest absolute Gasteiger partial charge is 0.145 e. The number of nitrogens with zero attached hydrogens (tertiary/aromatic N) is 1. The fourth-order valence-electron chi connectivity index (χ4n) is 0.771. The summed E-state index contributed by atoms with van der Waals surface area (Å²) in [6.07, 6.45) is 0.875. The van der Waals surface area contributed by atoms with E-state index in [4.69, 9.17) is 5.73 Å². The van der Waals surface area contributed by atoms with Crippen LogP contribution in [0, 0.1) is 0 Å². The van der Waals surface area contributed by atoms with Crippen molar-refractivity contribution in [2.24, 2.45) is 0 Å². The maximum Gasteiger partial charge on any atom is 0.0329 e. The van der Waals surface area contributed by atoms with E-state index in [9.17, 15) is 0 Å². The first-order valence-corrected chi connectivity index (χ1v) is 4.71. The van der Waals surface area contributed by atoms with Crippen molar-refractivity contribution in [2.75, 3.05) is 12.3 Å². The molecule has 2 radical (unpaired) electrons. The zero-order valence-electron chi connectivity index (χ0n) is 6.36. The highest BCUT2D eigenvalue weighted by molar-refractivity contribution is 7.99. The molecular weight excluding hydrogens is 154 g/mol. The van der Waals surface area contributed by atoms with Crippen molar-refractivity contribution in [3.8, 4) is 0 Å². The normalized spacial score (nSPS) is 9.91. The van der Waals surface area contributed by atoms with E-state index in [1.807, 2.05) is 18.2 Å². The molecule has 0 aromatic heterocycles. The van der Waals surface area contributed by atoms with E-state index < -0.39 is 0 Å². The summed E-state index contributed by atoms with van der Waals surface area (Å²) < 4.78 is 0. The molecule has 0 heterocycles. The van der Waals surface area contributed by atoms with Crippen LogP contribution in [0.1, 0.15) is 6.42 Å². The molecule has 0 amide bonds. The summed E-state index contributed by atoms with van der Waals surface area (Å²) in [5.41, 5.74) is 8.53. The van der Waals surface area contributed by atoms with Gasteiger partial charge in [-0.25, -0.2) is 0 Å². The molecule has 2 heteroatoms. The van der Waals surface area contributed by atoms with Crippen LogP contribution >= 0.6 is 11.8 Å². The van der Waals surface area contributed by atoms with Crippen LogP contribution in [0.5, 0.6) is 0 Å². The van der Waals surface area contributed by atoms with Gasteiger partial charge < -0.3 is 0 Å². The minimum atomic E-state index is 0.292. The van der Waals surface area contributed by atoms with Gasteiger partial charge in [0, 0.05) is 11.4 Å². The van der Waals surface area contributed by atoms with Crippen LogP contribution < -0.4 is 5.73 Å². The predicted molar refractivity (Wildman–Crippen MR) is 48.8 cm³/mol. The monoisotopic (exact) mass is 165 g/mol. The highest BCUT2D eigenvalue weighted by Crippen LogP contribution is 2.16. The Balaban J connectivity index is 2.28. The van der Waals surface area contributed by atoms with Crippen molar-refractivity contribution in [1.29, 1.82) is 0 Å². The SMILES string of the molecule is [N]CCCSc1ccccc1. The number of hydrogen-bond donors (Lipinski definition) is 0. The third kappa shape index (κ3) is 3.44. The fraction of sp³-hybridized carbons (Fsp3) is 0.333. The van der Waals surface area contributed by atoms with Gasteiger partial charge in [-0.2, -0.15) is 0 Å². The van der Waals surface area contributed by atoms with Gasteiger partial charge in [-0.3, -0.25) is 0 Å². The first-order valence-electron chi connectivity index (χ1n) is 3.72. The lowest BCUT2D eigenvalue weighted by molar-refractivity contribution is 0.917. The third-order valence-corrected chi connectivity index (χ3v) is 2.41. The maximum absolute atomic E-state index is 8.53. The van der Waals surface area contributed by atoms with Crippen molar-refractivity contribution in [3.05, 3.63) is 30.3 Å². The van der Waals surface area contributed by atoms with Crippen LogP contribution in [0.3, 0.4) is 0 Å². The van der Waals surface area contributed by atoms with Crippen molar-refractivity contribution in [2.45, 2.75) is 11.3 Å². The summed E-state index contributed by atoms with van der Waals surface area (Å²) in [5, 5.41) is 0. The van der Waals surface area contributed by atoms with Gasteiger partial charge in [0.2, 0.25) is 0 Å². The molecule has 1 nitrogen and oxygen atoms in total. The molecule has 58 valence electrons. The van der Waals surface area contributed by atoms with Crippen LogP contribution in [0.4, 0.5) is 0 Å². The number of rotatable bonds is 4. The molecule has 1 aromatic rings. The molecule has 0 fully saturated rings. The second-order valence-electron chi connectivity index (χ2n) is 2.24. The summed E-state index contributed by atoms with van der Waals surface area (Å²) in [4.78, 5) is 1.28. The summed E-state index contributed by atoms with van der Waals surface area (Å²) in [6, 6.07) is 10.2. The highest BCUT2D eigenvalue weighted by atomic mass is 32.2. The van der Waals surface area contributed by atoms with Crippen molar-refractivity contribution in [3.63, 3.8) is 0 Å². The Labute approximate surface area is 72.0 Å². The van der Waals surface area contributed by atoms with E-state index in [2.05, 4.69) is 12.1 Å². The lowest BCUT2D eigenvalue weighted by Gasteiger charge is -1.97. The molecule has 0 unspecified atom stereocenters. The number of benzene rings is 1. The first-order chi connectivity index (χ1) is 5.43. The van der Waals surface area contributed by atoms with Crippen LogP contribution in [-0.2, 0) is 0 Å². The molecule has 0 aliphatic carbocycles. The summed E-state index contributed by atoms with van der Waals surface area (Å²) in [7, 11) is 0. The van der Waals surface area contributed by atoms with E-state index in [0.717, 1.165) is 12.2 Å². The Morgan fingerprint density at radius 3 is 2.55 bits per heavy atom. The van der Waals surface area contributed by atoms with Gasteiger partial charge in [0.05, 0.1) is 0 Å². The minimum Gasteiger partial charge on any atom is -0.145 e. The van der Waals surface area contributed by atoms with Gasteiger partial charge in [-0.1, -0.05) is 18.2 Å². The number of hydrogen-bond acceptors (Lipinski definition) is 1. The molecule has 1 aromatic carbocycles. The molecule has 0 saturated heterocycles. The summed E-state index contributed by atoms with van der Waals surface area (Å²) in [5.74, 6) is 1.00. The average Bonchev–Trinajstić information content (AvgIpc) is 2.07. The average molecular weight is 165 g/mol. The molecule has 0 spiro atoms. The summed E-state index contributed by atoms with van der Waals surface area (Å²) >= 11 is 1.78. The van der Waals surface area contributed by atoms with E-state index in [1.165, 1.54) is 4.90 Å². The molecule has 0 saturated carbocycles. The van der Waals surface area contributed by atoms with Crippen molar-refractivity contribution < 1.29 is 0 Å². The van der Waals surface area contributed by atoms with Crippen molar-refractivity contribution in [1.82, 2.24) is 5.73 Å². The Hall–Kier alpha value is -0.470. The van der Waals surface area contributed by atoms with Crippen LogP contribution in [0.2, 0.25) is 0 Å². The minimum absolute atomic E-state index is 0.292. The Morgan fingerprint density at radius 2 is 1.91 bits per heavy atom. The molecule has 0 aliphatic heterocycles. The third-order valence-electron chi connectivity index (χ3n) is 1.31. The first kappa shape index (κ1) is 8.62. The lowest BCUT2D eigenvalue weighted by atomic mass is 10.4. The fourth-order valence-corrected chi connectivity index (χ4v) is 1.63. The van der Waals surface area contributed by atoms with Crippen LogP contribution in [0.25, 0.3) is 0 Å². The Kier molecular flexibility index (Phi) is 4.09. The van der Waals surface area contributed by atoms with Crippen LogP contribution in [0.15, 0.2) is 35.2 Å². The van der Waals surface area contributed by atoms with E-state index in [0.29, 0.717) is 6.54 Å². The van der Waals surface area contributed by atoms with Gasteiger partial charge in [-0.15, -0.1) is 17.5 Å². The molecule has 0 aliphatic rings. The predicted octanol–water partition coefficient (Wildman–Crippen LogP) is 2.24. The second-order valence-corrected chi connectivity index (χ2v) is 3.41. The molecular formula is C9H11NS. The van der Waals surface area contributed by atoms with E-state index >= 15 is 0 Å². The zero-order valence-corrected chi connectivity index (χ0v) is 7.18. The van der Waals surface area contributed by atoms with Gasteiger partial charge in [-0.05, 0) is 24.3 Å². The topological polar surface area (TPSA) is 22.3 Å². The van der Waals surface area contributed by atoms with Gasteiger partial charge in [0.1, 0.15) is 0 Å². The molecule has 0 bridgehead atoms. The standard InChI is InChI=1S/C9H11NS/c10-7-4-8-11-9-5-2-1-3-6-9/h1-3,5-6H,4,7-8H2. The second kappa shape index (κ2) is 5.22.